The van der Waals surface area contributed by atoms with Gasteiger partial charge in [0.1, 0.15) is 18.2 Å². The van der Waals surface area contributed by atoms with E-state index in [0.717, 1.165) is 19.3 Å². The molecule has 0 saturated carbocycles. The smallest absolute Gasteiger partial charge is 0.480 e. The van der Waals surface area contributed by atoms with E-state index >= 15 is 0 Å². The van der Waals surface area contributed by atoms with Crippen molar-refractivity contribution < 1.29 is 48.0 Å². The number of rotatable bonds is 17. The number of aliphatic carboxylic acids is 1. The molecular weight excluding hydrogens is 534 g/mol. The Morgan fingerprint density at radius 2 is 1.34 bits per heavy atom. The molecule has 0 amide bonds. The Hall–Kier alpha value is -3.34. The topological polar surface area (TPSA) is 161 Å². The van der Waals surface area contributed by atoms with Crippen molar-refractivity contribution in [3.8, 4) is 11.5 Å². The maximum atomic E-state index is 12.5. The van der Waals surface area contributed by atoms with Gasteiger partial charge in [-0.05, 0) is 63.6 Å². The van der Waals surface area contributed by atoms with E-state index in [1.807, 2.05) is 27.7 Å². The zero-order valence-corrected chi connectivity index (χ0v) is 25.3. The maximum absolute atomic E-state index is 12.5. The van der Waals surface area contributed by atoms with Crippen molar-refractivity contribution >= 4 is 24.2 Å². The number of carbonyl (C=O) groups is 4. The van der Waals surface area contributed by atoms with E-state index in [-0.39, 0.29) is 36.2 Å². The molecular formula is C30H47NO10. The molecule has 0 fully saturated rings. The number of hydrogen-bond donors (Lipinski definition) is 2. The van der Waals surface area contributed by atoms with Crippen LogP contribution in [0.1, 0.15) is 105 Å². The van der Waals surface area contributed by atoms with E-state index in [1.54, 1.807) is 20.8 Å². The first kappa shape index (κ1) is 35.7. The van der Waals surface area contributed by atoms with Crippen LogP contribution < -0.4 is 15.2 Å². The Kier molecular flexibility index (Phi) is 15.8. The third-order valence-corrected chi connectivity index (χ3v) is 6.62. The van der Waals surface area contributed by atoms with E-state index in [1.165, 1.54) is 18.2 Å². The van der Waals surface area contributed by atoms with Gasteiger partial charge in [-0.15, -0.1) is 0 Å². The molecule has 11 heteroatoms. The van der Waals surface area contributed by atoms with Crippen molar-refractivity contribution in [3.63, 3.8) is 0 Å². The van der Waals surface area contributed by atoms with Crippen LogP contribution in [0, 0.1) is 5.92 Å². The molecule has 0 heterocycles. The average molecular weight is 582 g/mol. The maximum Gasteiger partial charge on any atom is 0.514 e. The quantitative estimate of drug-likeness (QED) is 0.120. The van der Waals surface area contributed by atoms with Crippen LogP contribution in [0.5, 0.6) is 11.5 Å². The van der Waals surface area contributed by atoms with Gasteiger partial charge >= 0.3 is 24.2 Å². The first-order valence-electron chi connectivity index (χ1n) is 14.4. The lowest BCUT2D eigenvalue weighted by Crippen LogP contribution is -2.38. The van der Waals surface area contributed by atoms with Crippen LogP contribution in [0.2, 0.25) is 0 Å². The van der Waals surface area contributed by atoms with Gasteiger partial charge in [0.05, 0.1) is 6.10 Å². The molecule has 232 valence electrons. The summed E-state index contributed by atoms with van der Waals surface area (Å²) < 4.78 is 26.8. The highest BCUT2D eigenvalue weighted by Gasteiger charge is 2.30. The van der Waals surface area contributed by atoms with Gasteiger partial charge in [0.15, 0.2) is 11.5 Å². The summed E-state index contributed by atoms with van der Waals surface area (Å²) in [5.74, 6) is -2.66. The van der Waals surface area contributed by atoms with Gasteiger partial charge in [0.25, 0.3) is 0 Å². The zero-order valence-electron chi connectivity index (χ0n) is 25.3. The number of hydrogen-bond acceptors (Lipinski definition) is 10. The second kappa shape index (κ2) is 18.2. The number of carbonyl (C=O) groups excluding carboxylic acids is 3. The number of esters is 1. The normalized spacial score (nSPS) is 15.4. The highest BCUT2D eigenvalue weighted by molar-refractivity contribution is 5.75. The second-order valence-corrected chi connectivity index (χ2v) is 10.6. The minimum absolute atomic E-state index is 0.0773. The highest BCUT2D eigenvalue weighted by Crippen LogP contribution is 2.35. The fraction of sp³-hybridized carbons (Fsp3) is 0.667. The van der Waals surface area contributed by atoms with Gasteiger partial charge in [-0.1, -0.05) is 53.0 Å². The van der Waals surface area contributed by atoms with E-state index in [4.69, 9.17) is 29.4 Å². The molecule has 41 heavy (non-hydrogen) atoms. The Labute approximate surface area is 243 Å². The lowest BCUT2D eigenvalue weighted by atomic mass is 9.87. The molecule has 3 N–H and O–H groups in total. The van der Waals surface area contributed by atoms with Crippen molar-refractivity contribution in [2.45, 2.75) is 124 Å². The highest BCUT2D eigenvalue weighted by atomic mass is 16.7. The van der Waals surface area contributed by atoms with E-state index in [2.05, 4.69) is 0 Å². The van der Waals surface area contributed by atoms with Crippen molar-refractivity contribution in [1.29, 1.82) is 0 Å². The molecule has 0 aliphatic heterocycles. The Balaban J connectivity index is 3.32. The molecule has 1 aromatic carbocycles. The predicted octanol–water partition coefficient (Wildman–Crippen LogP) is 6.35. The molecule has 6 atom stereocenters. The molecule has 0 aliphatic rings. The predicted molar refractivity (Wildman–Crippen MR) is 152 cm³/mol. The molecule has 0 aromatic heterocycles. The molecule has 1 rings (SSSR count). The number of benzene rings is 1. The van der Waals surface area contributed by atoms with Crippen molar-refractivity contribution in [2.75, 3.05) is 0 Å². The average Bonchev–Trinajstić information content (AvgIpc) is 2.87. The van der Waals surface area contributed by atoms with Crippen molar-refractivity contribution in [1.82, 2.24) is 0 Å². The fourth-order valence-corrected chi connectivity index (χ4v) is 4.18. The molecule has 0 saturated heterocycles. The number of carboxylic acid groups (broad SMARTS) is 1. The Bertz CT molecular complexity index is 997. The first-order chi connectivity index (χ1) is 19.3. The minimum Gasteiger partial charge on any atom is -0.480 e. The van der Waals surface area contributed by atoms with Crippen LogP contribution in [-0.2, 0) is 23.8 Å². The van der Waals surface area contributed by atoms with Gasteiger partial charge in [-0.3, -0.25) is 9.59 Å². The van der Waals surface area contributed by atoms with Gasteiger partial charge < -0.3 is 34.5 Å². The number of carboxylic acids is 1. The minimum atomic E-state index is -1.37. The molecule has 11 nitrogen and oxygen atoms in total. The summed E-state index contributed by atoms with van der Waals surface area (Å²) in [6.07, 6.45) is 0.499. The Morgan fingerprint density at radius 1 is 0.805 bits per heavy atom. The number of nitrogens with two attached hydrogens (primary N) is 1. The molecule has 0 aliphatic carbocycles. The largest absolute Gasteiger partial charge is 0.514 e. The second-order valence-electron chi connectivity index (χ2n) is 10.6. The molecule has 0 bridgehead atoms. The third kappa shape index (κ3) is 13.2. The van der Waals surface area contributed by atoms with Gasteiger partial charge in [0.2, 0.25) is 0 Å². The SMILES string of the molecule is CCCC(C)OC(=O)Oc1ccc(C(CC(C)OC(=O)CC(C)CC)[C@H](N)C(=O)O)cc1OC(=O)OC(C)CCC. The van der Waals surface area contributed by atoms with Crippen LogP contribution in [0.25, 0.3) is 0 Å². The monoisotopic (exact) mass is 581 g/mol. The van der Waals surface area contributed by atoms with Gasteiger partial charge in [0, 0.05) is 12.3 Å². The zero-order chi connectivity index (χ0) is 31.1. The van der Waals surface area contributed by atoms with E-state index in [9.17, 15) is 24.3 Å². The third-order valence-electron chi connectivity index (χ3n) is 6.62. The summed E-state index contributed by atoms with van der Waals surface area (Å²) in [5.41, 5.74) is 6.42. The van der Waals surface area contributed by atoms with Gasteiger partial charge in [-0.25, -0.2) is 9.59 Å². The van der Waals surface area contributed by atoms with Crippen molar-refractivity contribution in [2.24, 2.45) is 11.7 Å². The Morgan fingerprint density at radius 3 is 1.83 bits per heavy atom. The molecule has 1 aromatic rings. The summed E-state index contributed by atoms with van der Waals surface area (Å²) in [6.45, 7) is 12.9. The van der Waals surface area contributed by atoms with Crippen LogP contribution in [-0.4, -0.2) is 53.7 Å². The lowest BCUT2D eigenvalue weighted by Gasteiger charge is -2.25. The van der Waals surface area contributed by atoms with E-state index < -0.39 is 48.6 Å². The first-order valence-corrected chi connectivity index (χ1v) is 14.4. The van der Waals surface area contributed by atoms with Crippen LogP contribution >= 0.6 is 0 Å². The standard InChI is InChI=1S/C30H47NO10/c1-8-11-19(5)38-29(35)40-24-14-13-22(17-25(24)41-30(36)39-20(6)12-9-2)23(27(31)28(33)34)16-21(7)37-26(32)15-18(4)10-3/h13-14,17-21,23,27H,8-12,15-16,31H2,1-7H3,(H,33,34)/t18?,19?,20?,21?,23?,27-/m0/s1. The van der Waals surface area contributed by atoms with Crippen LogP contribution in [0.4, 0.5) is 9.59 Å². The van der Waals surface area contributed by atoms with Crippen LogP contribution in [0.3, 0.4) is 0 Å². The molecule has 0 spiro atoms. The van der Waals surface area contributed by atoms with E-state index in [0.29, 0.717) is 18.4 Å². The molecule has 5 unspecified atom stereocenters. The van der Waals surface area contributed by atoms with Crippen molar-refractivity contribution in [3.05, 3.63) is 23.8 Å². The summed E-state index contributed by atoms with van der Waals surface area (Å²) in [7, 11) is 0. The summed E-state index contributed by atoms with van der Waals surface area (Å²) in [4.78, 5) is 49.1. The van der Waals surface area contributed by atoms with Crippen LogP contribution in [0.15, 0.2) is 18.2 Å². The van der Waals surface area contributed by atoms with Gasteiger partial charge in [-0.2, -0.15) is 0 Å². The lowest BCUT2D eigenvalue weighted by molar-refractivity contribution is -0.149. The fourth-order valence-electron chi connectivity index (χ4n) is 4.18. The number of ether oxygens (including phenoxy) is 5. The summed E-state index contributed by atoms with van der Waals surface area (Å²) >= 11 is 0. The summed E-state index contributed by atoms with van der Waals surface area (Å²) in [6, 6.07) is 2.87. The summed E-state index contributed by atoms with van der Waals surface area (Å²) in [5, 5.41) is 9.70. The molecule has 0 radical (unpaired) electrons.